The van der Waals surface area contributed by atoms with Gasteiger partial charge < -0.3 is 9.32 Å². The Balaban J connectivity index is 1.03. The van der Waals surface area contributed by atoms with Crippen molar-refractivity contribution >= 4 is 71.7 Å². The highest BCUT2D eigenvalue weighted by molar-refractivity contribution is 6.13. The Hall–Kier alpha value is -8.20. The summed E-state index contributed by atoms with van der Waals surface area (Å²) in [6.45, 7) is 2.33. The molecule has 2 heteroatoms. The van der Waals surface area contributed by atoms with Crippen molar-refractivity contribution in [1.82, 2.24) is 0 Å². The summed E-state index contributed by atoms with van der Waals surface area (Å²) >= 11 is 0. The van der Waals surface area contributed by atoms with Crippen LogP contribution >= 0.6 is 0 Å². The second-order valence-corrected chi connectivity index (χ2v) is 17.2. The molecule has 0 radical (unpaired) electrons. The van der Waals surface area contributed by atoms with Crippen molar-refractivity contribution < 1.29 is 4.42 Å². The average molecular weight is 832 g/mol. The van der Waals surface area contributed by atoms with E-state index in [0.29, 0.717) is 5.92 Å². The average Bonchev–Trinajstić information content (AvgIpc) is 3.76. The second-order valence-electron chi connectivity index (χ2n) is 17.2. The Bertz CT molecular complexity index is 3650. The molecule has 11 aromatic rings. The van der Waals surface area contributed by atoms with Crippen LogP contribution in [0.3, 0.4) is 0 Å². The first-order chi connectivity index (χ1) is 32.2. The number of nitrogens with zero attached hydrogens (tertiary/aromatic N) is 1. The summed E-state index contributed by atoms with van der Waals surface area (Å²) in [7, 11) is 0. The lowest BCUT2D eigenvalue weighted by Gasteiger charge is -2.31. The number of hydrogen-bond donors (Lipinski definition) is 0. The van der Waals surface area contributed by atoms with Crippen molar-refractivity contribution in [1.29, 1.82) is 0 Å². The molecule has 0 spiro atoms. The largest absolute Gasteiger partial charge is 0.455 e. The molecule has 1 aromatic heterocycles. The zero-order valence-electron chi connectivity index (χ0n) is 36.2. The minimum Gasteiger partial charge on any atom is -0.455 e. The normalized spacial score (nSPS) is 13.9. The van der Waals surface area contributed by atoms with Gasteiger partial charge in [-0.2, -0.15) is 0 Å². The Kier molecular flexibility index (Phi) is 9.57. The van der Waals surface area contributed by atoms with E-state index in [1.807, 2.05) is 6.07 Å². The number of allylic oxidation sites excluding steroid dienone is 4. The molecule has 12 rings (SSSR count). The predicted molar refractivity (Wildman–Crippen MR) is 276 cm³/mol. The third-order valence-corrected chi connectivity index (χ3v) is 13.2. The van der Waals surface area contributed by atoms with Crippen LogP contribution in [0.2, 0.25) is 0 Å². The Morgan fingerprint density at radius 1 is 0.400 bits per heavy atom. The monoisotopic (exact) mass is 831 g/mol. The van der Waals surface area contributed by atoms with Crippen molar-refractivity contribution in [3.05, 3.63) is 248 Å². The van der Waals surface area contributed by atoms with Crippen molar-refractivity contribution in [3.8, 4) is 33.4 Å². The fourth-order valence-electron chi connectivity index (χ4n) is 10.1. The van der Waals surface area contributed by atoms with Crippen molar-refractivity contribution in [3.63, 3.8) is 0 Å². The van der Waals surface area contributed by atoms with Crippen LogP contribution in [0.1, 0.15) is 24.5 Å². The van der Waals surface area contributed by atoms with Crippen LogP contribution in [0.25, 0.3) is 88.0 Å². The van der Waals surface area contributed by atoms with E-state index in [9.17, 15) is 0 Å². The molecule has 1 atom stereocenters. The number of furan rings is 1. The van der Waals surface area contributed by atoms with Crippen LogP contribution in [0.5, 0.6) is 0 Å². The predicted octanol–water partition coefficient (Wildman–Crippen LogP) is 17.9. The number of fused-ring (bicyclic) bond motifs is 6. The first-order valence-corrected chi connectivity index (χ1v) is 22.6. The van der Waals surface area contributed by atoms with Crippen molar-refractivity contribution in [2.24, 2.45) is 5.92 Å². The molecule has 0 fully saturated rings. The standard InChI is InChI=1S/C63H45NO/c1-42-32-38-56(53-23-8-7-22-49(53)43-16-3-2-4-17-43)60(40-42)57-24-9-11-30-61(57)64(48-20-13-19-46(41-48)52-27-15-29-59-58-25-10-12-31-62(58)65-63(52)59)47-36-33-45(34-37-47)51-26-14-28-54-50-21-6-5-18-44(50)35-39-55(51)54/h2-31,33-42H,32H2,1H3. The van der Waals surface area contributed by atoms with Crippen LogP contribution in [0, 0.1) is 5.92 Å². The van der Waals surface area contributed by atoms with E-state index in [-0.39, 0.29) is 0 Å². The van der Waals surface area contributed by atoms with Crippen LogP contribution in [0.15, 0.2) is 241 Å². The van der Waals surface area contributed by atoms with Gasteiger partial charge in [-0.15, -0.1) is 0 Å². The molecule has 65 heavy (non-hydrogen) atoms. The van der Waals surface area contributed by atoms with Gasteiger partial charge in [0, 0.05) is 33.3 Å². The second kappa shape index (κ2) is 16.2. The van der Waals surface area contributed by atoms with Gasteiger partial charge in [-0.3, -0.25) is 0 Å². The molecule has 0 saturated heterocycles. The molecular weight excluding hydrogens is 787 g/mol. The molecule has 0 saturated carbocycles. The van der Waals surface area contributed by atoms with E-state index < -0.39 is 0 Å². The highest BCUT2D eigenvalue weighted by atomic mass is 16.3. The number of hydrogen-bond acceptors (Lipinski definition) is 2. The summed E-state index contributed by atoms with van der Waals surface area (Å²) in [5.41, 5.74) is 17.0. The fourth-order valence-corrected chi connectivity index (χ4v) is 10.1. The van der Waals surface area contributed by atoms with Crippen LogP contribution < -0.4 is 4.90 Å². The lowest BCUT2D eigenvalue weighted by Crippen LogP contribution is -2.13. The van der Waals surface area contributed by atoms with Gasteiger partial charge in [-0.25, -0.2) is 0 Å². The molecule has 0 amide bonds. The van der Waals surface area contributed by atoms with Gasteiger partial charge in [0.1, 0.15) is 11.2 Å². The van der Waals surface area contributed by atoms with Crippen LogP contribution in [0.4, 0.5) is 17.1 Å². The molecule has 0 aliphatic heterocycles. The lowest BCUT2D eigenvalue weighted by molar-refractivity contribution is 0.670. The van der Waals surface area contributed by atoms with Crippen molar-refractivity contribution in [2.45, 2.75) is 13.3 Å². The Morgan fingerprint density at radius 2 is 1.03 bits per heavy atom. The van der Waals surface area contributed by atoms with Gasteiger partial charge in [0.15, 0.2) is 0 Å². The molecule has 0 bridgehead atoms. The van der Waals surface area contributed by atoms with Gasteiger partial charge in [-0.05, 0) is 115 Å². The highest BCUT2D eigenvalue weighted by Gasteiger charge is 2.25. The van der Waals surface area contributed by atoms with E-state index >= 15 is 0 Å². The topological polar surface area (TPSA) is 16.4 Å². The smallest absolute Gasteiger partial charge is 0.143 e. The van der Waals surface area contributed by atoms with E-state index in [2.05, 4.69) is 242 Å². The molecule has 1 heterocycles. The Morgan fingerprint density at radius 3 is 1.89 bits per heavy atom. The van der Waals surface area contributed by atoms with Gasteiger partial charge in [0.05, 0.1) is 5.69 Å². The molecule has 0 N–H and O–H groups in total. The maximum absolute atomic E-state index is 6.59. The van der Waals surface area contributed by atoms with Crippen molar-refractivity contribution in [2.75, 3.05) is 4.90 Å². The summed E-state index contributed by atoms with van der Waals surface area (Å²) in [4.78, 5) is 2.44. The van der Waals surface area contributed by atoms with Gasteiger partial charge in [0.2, 0.25) is 0 Å². The molecule has 1 aliphatic carbocycles. The fraction of sp³-hybridized carbons (Fsp3) is 0.0476. The number of rotatable bonds is 8. The maximum Gasteiger partial charge on any atom is 0.143 e. The summed E-state index contributed by atoms with van der Waals surface area (Å²) in [6, 6.07) is 81.4. The quantitative estimate of drug-likeness (QED) is 0.142. The Labute approximate surface area is 379 Å². The van der Waals surface area contributed by atoms with E-state index in [4.69, 9.17) is 4.42 Å². The van der Waals surface area contributed by atoms with Gasteiger partial charge in [-0.1, -0.05) is 207 Å². The summed E-state index contributed by atoms with van der Waals surface area (Å²) in [5.74, 6) is 0.379. The lowest BCUT2D eigenvalue weighted by atomic mass is 9.81. The minimum absolute atomic E-state index is 0.379. The molecule has 2 nitrogen and oxygen atoms in total. The molecule has 10 aromatic carbocycles. The molecule has 308 valence electrons. The third-order valence-electron chi connectivity index (χ3n) is 13.2. The first-order valence-electron chi connectivity index (χ1n) is 22.6. The molecule has 1 aliphatic rings. The summed E-state index contributed by atoms with van der Waals surface area (Å²) < 4.78 is 6.59. The molecular formula is C63H45NO. The van der Waals surface area contributed by atoms with Gasteiger partial charge in [0.25, 0.3) is 0 Å². The number of para-hydroxylation sites is 3. The van der Waals surface area contributed by atoms with Gasteiger partial charge >= 0.3 is 0 Å². The summed E-state index contributed by atoms with van der Waals surface area (Å²) in [6.07, 6.45) is 5.93. The minimum atomic E-state index is 0.379. The molecule has 1 unspecified atom stereocenters. The maximum atomic E-state index is 6.59. The number of anilines is 3. The number of benzene rings is 10. The zero-order chi connectivity index (χ0) is 43.3. The SMILES string of the molecule is CC1C=C(c2ccccc2N(c2ccc(-c3cccc4c3ccc3ccccc34)cc2)c2cccc(-c3cccc4c3oc3ccccc34)c2)C(c2ccccc2-c2ccccc2)=CC1. The summed E-state index contributed by atoms with van der Waals surface area (Å²) in [5, 5.41) is 7.30. The van der Waals surface area contributed by atoms with Crippen LogP contribution in [-0.4, -0.2) is 0 Å². The zero-order valence-corrected chi connectivity index (χ0v) is 36.2. The third kappa shape index (κ3) is 6.83. The highest BCUT2D eigenvalue weighted by Crippen LogP contribution is 2.48. The van der Waals surface area contributed by atoms with E-state index in [1.165, 1.54) is 66.1 Å². The van der Waals surface area contributed by atoms with E-state index in [0.717, 1.165) is 56.5 Å². The van der Waals surface area contributed by atoms with Crippen LogP contribution in [-0.2, 0) is 0 Å². The van der Waals surface area contributed by atoms with E-state index in [1.54, 1.807) is 0 Å². The first kappa shape index (κ1) is 38.5.